The highest BCUT2D eigenvalue weighted by Gasteiger charge is 2.28. The molecule has 0 saturated carbocycles. The molecular weight excluding hydrogens is 364 g/mol. The van der Waals surface area contributed by atoms with Crippen molar-refractivity contribution in [2.24, 2.45) is 10.7 Å². The third kappa shape index (κ3) is 3.99. The van der Waals surface area contributed by atoms with Crippen LogP contribution in [0.1, 0.15) is 30.1 Å². The Morgan fingerprint density at radius 2 is 1.76 bits per heavy atom. The maximum Gasteiger partial charge on any atom is 0.204 e. The van der Waals surface area contributed by atoms with Gasteiger partial charge >= 0.3 is 0 Å². The molecule has 1 fully saturated rings. The Kier molecular flexibility index (Phi) is 5.56. The molecule has 2 aliphatic rings. The van der Waals surface area contributed by atoms with E-state index in [9.17, 15) is 0 Å². The lowest BCUT2D eigenvalue weighted by Gasteiger charge is -2.28. The third-order valence-electron chi connectivity index (χ3n) is 5.10. The summed E-state index contributed by atoms with van der Waals surface area (Å²) in [6.07, 6.45) is 6.27. The molecule has 1 aromatic carbocycles. The minimum absolute atomic E-state index is 0.0941. The zero-order valence-electron chi connectivity index (χ0n) is 16.1. The molecule has 29 heavy (non-hydrogen) atoms. The minimum atomic E-state index is -0.0941. The highest BCUT2D eigenvalue weighted by Crippen LogP contribution is 2.34. The van der Waals surface area contributed by atoms with Gasteiger partial charge in [0.25, 0.3) is 0 Å². The van der Waals surface area contributed by atoms with Gasteiger partial charge in [-0.1, -0.05) is 30.3 Å². The molecule has 1 atom stereocenters. The lowest BCUT2D eigenvalue weighted by atomic mass is 10.1. The number of amides is 1. The summed E-state index contributed by atoms with van der Waals surface area (Å²) in [4.78, 5) is 23.8. The number of anilines is 1. The zero-order valence-corrected chi connectivity index (χ0v) is 16.1. The number of primary amides is 1. The topological polar surface area (TPSA) is 99.4 Å². The molecule has 3 aromatic rings. The summed E-state index contributed by atoms with van der Waals surface area (Å²) in [7, 11) is 0. The molecule has 1 unspecified atom stereocenters. The number of carbonyl (C=O) groups excluding carboxylic acids is 1. The van der Waals surface area contributed by atoms with Gasteiger partial charge in [-0.05, 0) is 42.2 Å². The molecule has 7 nitrogen and oxygen atoms in total. The Bertz CT molecular complexity index is 977. The van der Waals surface area contributed by atoms with Gasteiger partial charge in [-0.3, -0.25) is 9.78 Å². The number of hydrogen-bond acceptors (Lipinski definition) is 5. The van der Waals surface area contributed by atoms with Crippen LogP contribution in [0.15, 0.2) is 65.9 Å². The third-order valence-corrected chi connectivity index (χ3v) is 5.10. The number of nitrogens with one attached hydrogen (secondary N) is 2. The van der Waals surface area contributed by atoms with Crippen molar-refractivity contribution in [3.05, 3.63) is 72.1 Å². The van der Waals surface area contributed by atoms with Gasteiger partial charge in [-0.2, -0.15) is 0 Å². The molecule has 2 aromatic heterocycles. The smallest absolute Gasteiger partial charge is 0.204 e. The summed E-state index contributed by atoms with van der Waals surface area (Å²) in [5.41, 5.74) is 8.75. The predicted molar refractivity (Wildman–Crippen MR) is 114 cm³/mol. The van der Waals surface area contributed by atoms with E-state index in [2.05, 4.69) is 56.3 Å². The lowest BCUT2D eigenvalue weighted by Crippen LogP contribution is -2.33. The second kappa shape index (κ2) is 8.60. The maximum absolute atomic E-state index is 8.58. The molecule has 148 valence electrons. The SMILES string of the molecule is NC=O.c1ccc(-c2cc3c([nH]2)NC(c2ccncc2)N=C3N2CCCC2)cc1. The van der Waals surface area contributed by atoms with Gasteiger partial charge in [0, 0.05) is 31.2 Å². The van der Waals surface area contributed by atoms with E-state index < -0.39 is 0 Å². The quantitative estimate of drug-likeness (QED) is 0.587. The van der Waals surface area contributed by atoms with Crippen molar-refractivity contribution in [2.45, 2.75) is 19.0 Å². The number of benzene rings is 1. The van der Waals surface area contributed by atoms with Crippen molar-refractivity contribution >= 4 is 18.1 Å². The number of nitrogens with two attached hydrogens (primary N) is 1. The Labute approximate surface area is 169 Å². The highest BCUT2D eigenvalue weighted by atomic mass is 16.1. The van der Waals surface area contributed by atoms with E-state index in [-0.39, 0.29) is 12.6 Å². The van der Waals surface area contributed by atoms with E-state index in [1.165, 1.54) is 18.4 Å². The Morgan fingerprint density at radius 3 is 2.45 bits per heavy atom. The average Bonchev–Trinajstić information content (AvgIpc) is 3.45. The van der Waals surface area contributed by atoms with Crippen LogP contribution >= 0.6 is 0 Å². The molecule has 7 heteroatoms. The first-order valence-electron chi connectivity index (χ1n) is 9.73. The average molecular weight is 388 g/mol. The van der Waals surface area contributed by atoms with Crippen LogP contribution < -0.4 is 11.1 Å². The first-order chi connectivity index (χ1) is 14.3. The van der Waals surface area contributed by atoms with Gasteiger partial charge in [0.2, 0.25) is 6.41 Å². The Balaban J connectivity index is 0.000000645. The van der Waals surface area contributed by atoms with Crippen molar-refractivity contribution in [1.29, 1.82) is 0 Å². The number of H-pyrrole nitrogens is 1. The number of rotatable bonds is 2. The van der Waals surface area contributed by atoms with Crippen molar-refractivity contribution in [2.75, 3.05) is 18.4 Å². The zero-order chi connectivity index (χ0) is 20.1. The fourth-order valence-corrected chi connectivity index (χ4v) is 3.76. The van der Waals surface area contributed by atoms with Gasteiger partial charge < -0.3 is 20.9 Å². The molecule has 0 spiro atoms. The summed E-state index contributed by atoms with van der Waals surface area (Å²) in [5.74, 6) is 2.14. The molecule has 0 radical (unpaired) electrons. The molecule has 4 heterocycles. The number of amidine groups is 1. The van der Waals surface area contributed by atoms with Crippen LogP contribution in [0.25, 0.3) is 11.3 Å². The highest BCUT2D eigenvalue weighted by molar-refractivity contribution is 6.05. The number of pyridine rings is 1. The fourth-order valence-electron chi connectivity index (χ4n) is 3.76. The Hall–Kier alpha value is -3.61. The maximum atomic E-state index is 8.58. The van der Waals surface area contributed by atoms with Crippen molar-refractivity contribution in [3.63, 3.8) is 0 Å². The number of hydrogen-bond donors (Lipinski definition) is 3. The van der Waals surface area contributed by atoms with Crippen LogP contribution in [-0.4, -0.2) is 40.2 Å². The van der Waals surface area contributed by atoms with Crippen molar-refractivity contribution in [3.8, 4) is 11.3 Å². The summed E-state index contributed by atoms with van der Waals surface area (Å²) in [5, 5.41) is 3.56. The largest absolute Gasteiger partial charge is 0.372 e. The number of aliphatic imine (C=N–C) groups is 1. The predicted octanol–water partition coefficient (Wildman–Crippen LogP) is 3.14. The molecule has 4 N–H and O–H groups in total. The van der Waals surface area contributed by atoms with E-state index in [0.717, 1.165) is 41.6 Å². The van der Waals surface area contributed by atoms with Crippen LogP contribution in [-0.2, 0) is 4.79 Å². The number of fused-ring (bicyclic) bond motifs is 1. The number of aromatic amines is 1. The Morgan fingerprint density at radius 1 is 1.07 bits per heavy atom. The van der Waals surface area contributed by atoms with Gasteiger partial charge in [0.15, 0.2) is 0 Å². The van der Waals surface area contributed by atoms with Gasteiger partial charge in [-0.25, -0.2) is 4.99 Å². The summed E-state index contributed by atoms with van der Waals surface area (Å²) in [6, 6.07) is 16.7. The number of carbonyl (C=O) groups is 1. The number of aromatic nitrogens is 2. The van der Waals surface area contributed by atoms with Crippen molar-refractivity contribution < 1.29 is 4.79 Å². The number of likely N-dealkylation sites (tertiary alicyclic amines) is 1. The van der Waals surface area contributed by atoms with E-state index in [0.29, 0.717) is 0 Å². The minimum Gasteiger partial charge on any atom is -0.372 e. The van der Waals surface area contributed by atoms with Gasteiger partial charge in [0.1, 0.15) is 17.8 Å². The standard InChI is InChI=1S/C21H21N5.CH3NO/c1-2-6-15(7-3-1)18-14-17-20(23-18)24-19(16-8-10-22-11-9-16)25-21(17)26-12-4-5-13-26;2-1-3/h1-3,6-11,14,19,23-24H,4-5,12-13H2;1H,(H2,2,3). The number of nitrogens with zero attached hydrogens (tertiary/aromatic N) is 3. The normalized spacial score (nSPS) is 17.4. The van der Waals surface area contributed by atoms with Crippen LogP contribution in [0.3, 0.4) is 0 Å². The molecular formula is C22H24N6O. The molecule has 5 rings (SSSR count). The second-order valence-electron chi connectivity index (χ2n) is 6.95. The summed E-state index contributed by atoms with van der Waals surface area (Å²) >= 11 is 0. The first-order valence-corrected chi connectivity index (χ1v) is 9.73. The fraction of sp³-hybridized carbons (Fsp3) is 0.227. The molecule has 1 amide bonds. The van der Waals surface area contributed by atoms with Crippen LogP contribution in [0, 0.1) is 0 Å². The van der Waals surface area contributed by atoms with Crippen LogP contribution in [0.2, 0.25) is 0 Å². The van der Waals surface area contributed by atoms with Crippen LogP contribution in [0.5, 0.6) is 0 Å². The van der Waals surface area contributed by atoms with E-state index in [1.54, 1.807) is 0 Å². The monoisotopic (exact) mass is 388 g/mol. The molecule has 1 saturated heterocycles. The molecule has 0 aliphatic carbocycles. The van der Waals surface area contributed by atoms with Crippen molar-refractivity contribution in [1.82, 2.24) is 14.9 Å². The second-order valence-corrected chi connectivity index (χ2v) is 6.95. The van der Waals surface area contributed by atoms with Gasteiger partial charge in [-0.15, -0.1) is 0 Å². The van der Waals surface area contributed by atoms with E-state index in [4.69, 9.17) is 9.79 Å². The first kappa shape index (κ1) is 18.7. The summed E-state index contributed by atoms with van der Waals surface area (Å²) < 4.78 is 0. The lowest BCUT2D eigenvalue weighted by molar-refractivity contribution is -0.106. The van der Waals surface area contributed by atoms with E-state index in [1.807, 2.05) is 30.6 Å². The van der Waals surface area contributed by atoms with Crippen LogP contribution in [0.4, 0.5) is 5.82 Å². The molecule has 0 bridgehead atoms. The summed E-state index contributed by atoms with van der Waals surface area (Å²) in [6.45, 7) is 2.15. The van der Waals surface area contributed by atoms with E-state index >= 15 is 0 Å². The molecule has 2 aliphatic heterocycles. The van der Waals surface area contributed by atoms with Gasteiger partial charge in [0.05, 0.1) is 5.56 Å².